The third-order valence-electron chi connectivity index (χ3n) is 2.93. The molecular formula is C12H15ClN2O. The van der Waals surface area contributed by atoms with Crippen molar-refractivity contribution in [3.8, 4) is 0 Å². The fourth-order valence-corrected chi connectivity index (χ4v) is 2.06. The molecule has 0 saturated carbocycles. The lowest BCUT2D eigenvalue weighted by Crippen LogP contribution is -2.31. The zero-order valence-corrected chi connectivity index (χ0v) is 10.00. The first-order chi connectivity index (χ1) is 7.58. The number of nitrogens with two attached hydrogens (primary N) is 1. The highest BCUT2D eigenvalue weighted by atomic mass is 35.5. The highest BCUT2D eigenvalue weighted by Gasteiger charge is 2.24. The number of carbonyl (C=O) groups is 1. The molecule has 1 aromatic carbocycles. The Morgan fingerprint density at radius 3 is 2.88 bits per heavy atom. The van der Waals surface area contributed by atoms with Crippen LogP contribution in [0.3, 0.4) is 0 Å². The molecule has 1 atom stereocenters. The molecule has 1 fully saturated rings. The lowest BCUT2D eigenvalue weighted by molar-refractivity contribution is 0.0791. The number of rotatable bonds is 1. The molecule has 1 heterocycles. The Morgan fingerprint density at radius 1 is 1.56 bits per heavy atom. The van der Waals surface area contributed by atoms with Crippen LogP contribution in [0.5, 0.6) is 0 Å². The molecule has 16 heavy (non-hydrogen) atoms. The van der Waals surface area contributed by atoms with Crippen LogP contribution in [0, 0.1) is 6.92 Å². The quantitative estimate of drug-likeness (QED) is 0.811. The van der Waals surface area contributed by atoms with Crippen LogP contribution in [0.15, 0.2) is 18.2 Å². The van der Waals surface area contributed by atoms with E-state index in [9.17, 15) is 4.79 Å². The number of carbonyl (C=O) groups excluding carboxylic acids is 1. The van der Waals surface area contributed by atoms with Gasteiger partial charge in [0.05, 0.1) is 0 Å². The van der Waals surface area contributed by atoms with E-state index in [0.717, 1.165) is 18.5 Å². The SMILES string of the molecule is Cc1ccc(C(=O)N2CC[C@H](N)C2)cc1Cl. The number of halogens is 1. The van der Waals surface area contributed by atoms with Gasteiger partial charge in [0.2, 0.25) is 0 Å². The predicted octanol–water partition coefficient (Wildman–Crippen LogP) is 1.82. The van der Waals surface area contributed by atoms with Crippen LogP contribution in [0.4, 0.5) is 0 Å². The summed E-state index contributed by atoms with van der Waals surface area (Å²) < 4.78 is 0. The van der Waals surface area contributed by atoms with Gasteiger partial charge in [-0.3, -0.25) is 4.79 Å². The van der Waals surface area contributed by atoms with Gasteiger partial charge < -0.3 is 10.6 Å². The fourth-order valence-electron chi connectivity index (χ4n) is 1.88. The normalized spacial score (nSPS) is 20.2. The molecule has 0 aliphatic carbocycles. The maximum Gasteiger partial charge on any atom is 0.253 e. The van der Waals surface area contributed by atoms with Gasteiger partial charge >= 0.3 is 0 Å². The maximum absolute atomic E-state index is 12.1. The zero-order valence-electron chi connectivity index (χ0n) is 9.24. The van der Waals surface area contributed by atoms with Gasteiger partial charge in [0.25, 0.3) is 5.91 Å². The summed E-state index contributed by atoms with van der Waals surface area (Å²) in [7, 11) is 0. The summed E-state index contributed by atoms with van der Waals surface area (Å²) in [5, 5.41) is 0.634. The maximum atomic E-state index is 12.1. The number of hydrogen-bond acceptors (Lipinski definition) is 2. The average Bonchev–Trinajstić information content (AvgIpc) is 2.68. The fraction of sp³-hybridized carbons (Fsp3) is 0.417. The topological polar surface area (TPSA) is 46.3 Å². The van der Waals surface area contributed by atoms with Gasteiger partial charge in [-0.1, -0.05) is 17.7 Å². The number of aryl methyl sites for hydroxylation is 1. The molecule has 0 radical (unpaired) electrons. The molecule has 1 aliphatic rings. The van der Waals surface area contributed by atoms with Crippen LogP contribution >= 0.6 is 11.6 Å². The van der Waals surface area contributed by atoms with E-state index in [1.165, 1.54) is 0 Å². The van der Waals surface area contributed by atoms with Crippen molar-refractivity contribution < 1.29 is 4.79 Å². The van der Waals surface area contributed by atoms with Crippen LogP contribution in [0.2, 0.25) is 5.02 Å². The van der Waals surface area contributed by atoms with Gasteiger partial charge in [-0.05, 0) is 31.0 Å². The van der Waals surface area contributed by atoms with Crippen molar-refractivity contribution in [3.63, 3.8) is 0 Å². The molecule has 86 valence electrons. The minimum atomic E-state index is 0.0230. The summed E-state index contributed by atoms with van der Waals surface area (Å²) in [6.07, 6.45) is 0.880. The first-order valence-corrected chi connectivity index (χ1v) is 5.76. The Morgan fingerprint density at radius 2 is 2.31 bits per heavy atom. The van der Waals surface area contributed by atoms with E-state index in [0.29, 0.717) is 17.1 Å². The second kappa shape index (κ2) is 4.44. The zero-order chi connectivity index (χ0) is 11.7. The molecule has 0 unspecified atom stereocenters. The third kappa shape index (κ3) is 2.20. The Bertz CT molecular complexity index is 419. The van der Waals surface area contributed by atoms with Gasteiger partial charge in [-0.2, -0.15) is 0 Å². The standard InChI is InChI=1S/C12H15ClN2O/c1-8-2-3-9(6-11(8)13)12(16)15-5-4-10(14)7-15/h2-3,6,10H,4-5,7,14H2,1H3/t10-/m0/s1. The summed E-state index contributed by atoms with van der Waals surface area (Å²) in [6, 6.07) is 5.52. The van der Waals surface area contributed by atoms with E-state index in [1.54, 1.807) is 11.0 Å². The van der Waals surface area contributed by atoms with Gasteiger partial charge in [-0.15, -0.1) is 0 Å². The van der Waals surface area contributed by atoms with Crippen molar-refractivity contribution in [3.05, 3.63) is 34.3 Å². The molecule has 1 aliphatic heterocycles. The molecule has 1 saturated heterocycles. The summed E-state index contributed by atoms with van der Waals surface area (Å²) >= 11 is 6.00. The average molecular weight is 239 g/mol. The number of amides is 1. The predicted molar refractivity (Wildman–Crippen MR) is 64.7 cm³/mol. The monoisotopic (exact) mass is 238 g/mol. The Hall–Kier alpha value is -1.06. The van der Waals surface area contributed by atoms with Crippen LogP contribution in [-0.4, -0.2) is 29.9 Å². The molecule has 3 nitrogen and oxygen atoms in total. The molecule has 0 aromatic heterocycles. The van der Waals surface area contributed by atoms with Crippen LogP contribution < -0.4 is 5.73 Å². The van der Waals surface area contributed by atoms with Crippen LogP contribution in [0.25, 0.3) is 0 Å². The smallest absolute Gasteiger partial charge is 0.253 e. The lowest BCUT2D eigenvalue weighted by atomic mass is 10.1. The van der Waals surface area contributed by atoms with Gasteiger partial charge in [0.1, 0.15) is 0 Å². The largest absolute Gasteiger partial charge is 0.337 e. The van der Waals surface area contributed by atoms with Crippen molar-refractivity contribution in [2.45, 2.75) is 19.4 Å². The Balaban J connectivity index is 2.18. The van der Waals surface area contributed by atoms with Crippen molar-refractivity contribution in [1.82, 2.24) is 4.90 Å². The highest BCUT2D eigenvalue weighted by molar-refractivity contribution is 6.31. The van der Waals surface area contributed by atoms with E-state index < -0.39 is 0 Å². The first-order valence-electron chi connectivity index (χ1n) is 5.39. The van der Waals surface area contributed by atoms with Crippen LogP contribution in [-0.2, 0) is 0 Å². The molecule has 1 aromatic rings. The molecule has 0 spiro atoms. The number of benzene rings is 1. The minimum Gasteiger partial charge on any atom is -0.337 e. The van der Waals surface area contributed by atoms with Crippen molar-refractivity contribution in [1.29, 1.82) is 0 Å². The van der Waals surface area contributed by atoms with Gasteiger partial charge in [-0.25, -0.2) is 0 Å². The van der Waals surface area contributed by atoms with E-state index >= 15 is 0 Å². The minimum absolute atomic E-state index is 0.0230. The van der Waals surface area contributed by atoms with E-state index in [-0.39, 0.29) is 11.9 Å². The third-order valence-corrected chi connectivity index (χ3v) is 3.34. The first kappa shape index (κ1) is 11.4. The Labute approximate surface area is 100 Å². The molecule has 4 heteroatoms. The van der Waals surface area contributed by atoms with Crippen molar-refractivity contribution in [2.75, 3.05) is 13.1 Å². The van der Waals surface area contributed by atoms with Gasteiger partial charge in [0, 0.05) is 29.7 Å². The summed E-state index contributed by atoms with van der Waals surface area (Å²) in [6.45, 7) is 3.30. The second-order valence-electron chi connectivity index (χ2n) is 4.26. The molecule has 2 rings (SSSR count). The second-order valence-corrected chi connectivity index (χ2v) is 4.67. The molecule has 0 bridgehead atoms. The van der Waals surface area contributed by atoms with Crippen LogP contribution in [0.1, 0.15) is 22.3 Å². The van der Waals surface area contributed by atoms with E-state index in [1.807, 2.05) is 19.1 Å². The number of nitrogens with zero attached hydrogens (tertiary/aromatic N) is 1. The van der Waals surface area contributed by atoms with Gasteiger partial charge in [0.15, 0.2) is 0 Å². The van der Waals surface area contributed by atoms with E-state index in [2.05, 4.69) is 0 Å². The van der Waals surface area contributed by atoms with E-state index in [4.69, 9.17) is 17.3 Å². The van der Waals surface area contributed by atoms with Crippen molar-refractivity contribution >= 4 is 17.5 Å². The Kier molecular flexibility index (Phi) is 3.17. The highest BCUT2D eigenvalue weighted by Crippen LogP contribution is 2.19. The number of likely N-dealkylation sites (tertiary alicyclic amines) is 1. The summed E-state index contributed by atoms with van der Waals surface area (Å²) in [5.41, 5.74) is 7.40. The number of hydrogen-bond donors (Lipinski definition) is 1. The summed E-state index contributed by atoms with van der Waals surface area (Å²) in [5.74, 6) is 0.0230. The molecule has 2 N–H and O–H groups in total. The molecule has 1 amide bonds. The lowest BCUT2D eigenvalue weighted by Gasteiger charge is -2.16. The summed E-state index contributed by atoms with van der Waals surface area (Å²) in [4.78, 5) is 13.9. The van der Waals surface area contributed by atoms with Crippen molar-refractivity contribution in [2.24, 2.45) is 5.73 Å². The molecular weight excluding hydrogens is 224 g/mol.